The highest BCUT2D eigenvalue weighted by atomic mass is 32.1. The van der Waals surface area contributed by atoms with Crippen LogP contribution in [-0.2, 0) is 16.1 Å². The number of thiazole rings is 1. The summed E-state index contributed by atoms with van der Waals surface area (Å²) in [5.41, 5.74) is 1.14. The molecule has 0 aliphatic heterocycles. The third kappa shape index (κ3) is 4.03. The van der Waals surface area contributed by atoms with Gasteiger partial charge in [-0.1, -0.05) is 0 Å². The average molecular weight is 296 g/mol. The molecule has 1 aromatic heterocycles. The van der Waals surface area contributed by atoms with E-state index in [2.05, 4.69) is 17.2 Å². The van der Waals surface area contributed by atoms with E-state index in [4.69, 9.17) is 4.74 Å². The first-order valence-electron chi connectivity index (χ1n) is 7.43. The molecule has 1 aromatic rings. The predicted molar refractivity (Wildman–Crippen MR) is 80.8 cm³/mol. The molecule has 0 unspecified atom stereocenters. The van der Waals surface area contributed by atoms with Gasteiger partial charge < -0.3 is 10.1 Å². The van der Waals surface area contributed by atoms with Crippen LogP contribution in [0.1, 0.15) is 48.2 Å². The summed E-state index contributed by atoms with van der Waals surface area (Å²) >= 11 is 1.77. The summed E-state index contributed by atoms with van der Waals surface area (Å²) in [4.78, 5) is 17.5. The smallest absolute Gasteiger partial charge is 0.308 e. The first-order chi connectivity index (χ1) is 9.60. The molecule has 5 heteroatoms. The molecule has 20 heavy (non-hydrogen) atoms. The summed E-state index contributed by atoms with van der Waals surface area (Å²) in [6.07, 6.45) is 4.00. The number of hydrogen-bond donors (Lipinski definition) is 1. The number of aryl methyl sites for hydroxylation is 2. The minimum absolute atomic E-state index is 0.0140. The van der Waals surface area contributed by atoms with E-state index in [0.717, 1.165) is 42.9 Å². The van der Waals surface area contributed by atoms with Crippen LogP contribution in [0.2, 0.25) is 0 Å². The van der Waals surface area contributed by atoms with Crippen LogP contribution >= 0.6 is 11.3 Å². The zero-order chi connectivity index (χ0) is 14.5. The summed E-state index contributed by atoms with van der Waals surface area (Å²) in [5, 5.41) is 4.73. The Hall–Kier alpha value is -0.940. The van der Waals surface area contributed by atoms with Gasteiger partial charge in [0, 0.05) is 17.5 Å². The van der Waals surface area contributed by atoms with Gasteiger partial charge in [0.25, 0.3) is 0 Å². The SMILES string of the molecule is CCOC(=O)C1CCC(NCc2sc(C)nc2C)CC1. The highest BCUT2D eigenvalue weighted by Gasteiger charge is 2.27. The van der Waals surface area contributed by atoms with Crippen LogP contribution in [-0.4, -0.2) is 23.6 Å². The van der Waals surface area contributed by atoms with Crippen molar-refractivity contribution in [2.45, 2.75) is 59.0 Å². The second-order valence-electron chi connectivity index (χ2n) is 5.42. The Labute approximate surface area is 124 Å². The monoisotopic (exact) mass is 296 g/mol. The summed E-state index contributed by atoms with van der Waals surface area (Å²) in [5.74, 6) is 0.0975. The van der Waals surface area contributed by atoms with Crippen molar-refractivity contribution in [3.63, 3.8) is 0 Å². The van der Waals surface area contributed by atoms with E-state index in [0.29, 0.717) is 12.6 Å². The van der Waals surface area contributed by atoms with Gasteiger partial charge in [0.1, 0.15) is 0 Å². The molecule has 0 bridgehead atoms. The fraction of sp³-hybridized carbons (Fsp3) is 0.733. The highest BCUT2D eigenvalue weighted by Crippen LogP contribution is 2.26. The molecule has 1 fully saturated rings. The van der Waals surface area contributed by atoms with Crippen LogP contribution in [0.4, 0.5) is 0 Å². The van der Waals surface area contributed by atoms with E-state index in [-0.39, 0.29) is 11.9 Å². The first kappa shape index (κ1) is 15.4. The van der Waals surface area contributed by atoms with Gasteiger partial charge in [-0.15, -0.1) is 11.3 Å². The van der Waals surface area contributed by atoms with E-state index < -0.39 is 0 Å². The average Bonchev–Trinajstić information content (AvgIpc) is 2.75. The van der Waals surface area contributed by atoms with Crippen molar-refractivity contribution in [1.82, 2.24) is 10.3 Å². The van der Waals surface area contributed by atoms with Gasteiger partial charge in [-0.05, 0) is 46.5 Å². The number of ether oxygens (including phenoxy) is 1. The summed E-state index contributed by atoms with van der Waals surface area (Å²) in [6, 6.07) is 0.516. The van der Waals surface area contributed by atoms with Crippen LogP contribution < -0.4 is 5.32 Å². The Morgan fingerprint density at radius 3 is 2.60 bits per heavy atom. The lowest BCUT2D eigenvalue weighted by atomic mass is 9.86. The number of nitrogens with one attached hydrogen (secondary N) is 1. The molecule has 1 heterocycles. The normalized spacial score (nSPS) is 22.8. The molecule has 1 aliphatic rings. The maximum atomic E-state index is 11.7. The molecule has 0 aromatic carbocycles. The number of aromatic nitrogens is 1. The molecular formula is C15H24N2O2S. The van der Waals surface area contributed by atoms with Crippen molar-refractivity contribution in [2.24, 2.45) is 5.92 Å². The lowest BCUT2D eigenvalue weighted by molar-refractivity contribution is -0.149. The number of nitrogens with zero attached hydrogens (tertiary/aromatic N) is 1. The first-order valence-corrected chi connectivity index (χ1v) is 8.24. The van der Waals surface area contributed by atoms with Crippen molar-refractivity contribution in [1.29, 1.82) is 0 Å². The van der Waals surface area contributed by atoms with Crippen LogP contribution in [0.5, 0.6) is 0 Å². The van der Waals surface area contributed by atoms with Crippen LogP contribution in [0, 0.1) is 19.8 Å². The standard InChI is InChI=1S/C15H24N2O2S/c1-4-19-15(18)12-5-7-13(8-6-12)16-9-14-10(2)17-11(3)20-14/h12-13,16H,4-9H2,1-3H3. The van der Waals surface area contributed by atoms with Crippen molar-refractivity contribution < 1.29 is 9.53 Å². The van der Waals surface area contributed by atoms with Crippen molar-refractivity contribution in [3.05, 3.63) is 15.6 Å². The molecule has 1 N–H and O–H groups in total. The van der Waals surface area contributed by atoms with Crippen molar-refractivity contribution in [2.75, 3.05) is 6.61 Å². The van der Waals surface area contributed by atoms with Crippen molar-refractivity contribution in [3.8, 4) is 0 Å². The Morgan fingerprint density at radius 2 is 2.05 bits per heavy atom. The maximum Gasteiger partial charge on any atom is 0.308 e. The summed E-state index contributed by atoms with van der Waals surface area (Å²) in [6.45, 7) is 7.36. The summed E-state index contributed by atoms with van der Waals surface area (Å²) < 4.78 is 5.10. The second kappa shape index (κ2) is 7.18. The van der Waals surface area contributed by atoms with Gasteiger partial charge in [0.15, 0.2) is 0 Å². The van der Waals surface area contributed by atoms with E-state index in [1.807, 2.05) is 13.8 Å². The van der Waals surface area contributed by atoms with E-state index >= 15 is 0 Å². The molecule has 112 valence electrons. The molecule has 0 atom stereocenters. The molecular weight excluding hydrogens is 272 g/mol. The van der Waals surface area contributed by atoms with Gasteiger partial charge in [0.2, 0.25) is 0 Å². The predicted octanol–water partition coefficient (Wildman–Crippen LogP) is 2.97. The highest BCUT2D eigenvalue weighted by molar-refractivity contribution is 7.11. The van der Waals surface area contributed by atoms with Gasteiger partial charge >= 0.3 is 5.97 Å². The lowest BCUT2D eigenvalue weighted by Crippen LogP contribution is -2.35. The third-order valence-corrected chi connectivity index (χ3v) is 4.97. The van der Waals surface area contributed by atoms with E-state index in [1.165, 1.54) is 4.88 Å². The number of carbonyl (C=O) groups excluding carboxylic acids is 1. The Balaban J connectivity index is 1.74. The topological polar surface area (TPSA) is 51.2 Å². The Morgan fingerprint density at radius 1 is 1.35 bits per heavy atom. The molecule has 0 spiro atoms. The van der Waals surface area contributed by atoms with Gasteiger partial charge in [-0.25, -0.2) is 4.98 Å². The lowest BCUT2D eigenvalue weighted by Gasteiger charge is -2.27. The number of hydrogen-bond acceptors (Lipinski definition) is 5. The van der Waals surface area contributed by atoms with E-state index in [1.54, 1.807) is 11.3 Å². The molecule has 1 aliphatic carbocycles. The molecule has 2 rings (SSSR count). The van der Waals surface area contributed by atoms with Crippen LogP contribution in [0.15, 0.2) is 0 Å². The van der Waals surface area contributed by atoms with Gasteiger partial charge in [0.05, 0.1) is 23.2 Å². The maximum absolute atomic E-state index is 11.7. The van der Waals surface area contributed by atoms with Gasteiger partial charge in [-0.3, -0.25) is 4.79 Å². The third-order valence-electron chi connectivity index (χ3n) is 3.90. The summed E-state index contributed by atoms with van der Waals surface area (Å²) in [7, 11) is 0. The second-order valence-corrected chi connectivity index (χ2v) is 6.71. The molecule has 0 saturated heterocycles. The van der Waals surface area contributed by atoms with Gasteiger partial charge in [-0.2, -0.15) is 0 Å². The van der Waals surface area contributed by atoms with Crippen LogP contribution in [0.25, 0.3) is 0 Å². The molecule has 1 saturated carbocycles. The van der Waals surface area contributed by atoms with Crippen LogP contribution in [0.3, 0.4) is 0 Å². The zero-order valence-corrected chi connectivity index (χ0v) is 13.4. The number of esters is 1. The fourth-order valence-corrected chi connectivity index (χ4v) is 3.66. The van der Waals surface area contributed by atoms with Crippen molar-refractivity contribution >= 4 is 17.3 Å². The minimum atomic E-state index is -0.0140. The largest absolute Gasteiger partial charge is 0.466 e. The zero-order valence-electron chi connectivity index (χ0n) is 12.6. The van der Waals surface area contributed by atoms with E-state index in [9.17, 15) is 4.79 Å². The minimum Gasteiger partial charge on any atom is -0.466 e. The number of carbonyl (C=O) groups is 1. The number of rotatable bonds is 5. The Bertz CT molecular complexity index is 451. The Kier molecular flexibility index (Phi) is 5.54. The molecule has 0 amide bonds. The molecule has 4 nitrogen and oxygen atoms in total. The quantitative estimate of drug-likeness (QED) is 0.849. The fourth-order valence-electron chi connectivity index (χ4n) is 2.77. The molecule has 0 radical (unpaired) electrons.